The zero-order chi connectivity index (χ0) is 12.1. The van der Waals surface area contributed by atoms with Gasteiger partial charge in [0.25, 0.3) is 0 Å². The molecule has 1 aliphatic rings. The van der Waals surface area contributed by atoms with Crippen LogP contribution in [0.4, 0.5) is 0 Å². The highest BCUT2D eigenvalue weighted by Crippen LogP contribution is 2.37. The summed E-state index contributed by atoms with van der Waals surface area (Å²) in [5, 5.41) is 3.24. The molecule has 0 atom stereocenters. The molecule has 1 N–H and O–H groups in total. The van der Waals surface area contributed by atoms with E-state index in [1.807, 2.05) is 6.07 Å². The highest BCUT2D eigenvalue weighted by molar-refractivity contribution is 6.39. The Labute approximate surface area is 110 Å². The third-order valence-electron chi connectivity index (χ3n) is 3.72. The number of allylic oxidation sites excluding steroid dienone is 1. The van der Waals surface area contributed by atoms with E-state index in [0.717, 1.165) is 34.3 Å². The van der Waals surface area contributed by atoms with E-state index in [0.29, 0.717) is 0 Å². The molecule has 0 fully saturated rings. The second-order valence-electron chi connectivity index (χ2n) is 4.80. The number of hydrogen-bond donors (Lipinski definition) is 1. The SMILES string of the molecule is Clc1c2c(cc3[nH]c4ccccc4c13)CCC=C2. The molecule has 0 radical (unpaired) electrons. The summed E-state index contributed by atoms with van der Waals surface area (Å²) in [6.45, 7) is 0. The summed E-state index contributed by atoms with van der Waals surface area (Å²) < 4.78 is 0. The van der Waals surface area contributed by atoms with Crippen molar-refractivity contribution in [2.24, 2.45) is 0 Å². The number of nitrogens with one attached hydrogen (secondary N) is 1. The van der Waals surface area contributed by atoms with Crippen molar-refractivity contribution in [2.75, 3.05) is 0 Å². The normalized spacial score (nSPS) is 14.3. The van der Waals surface area contributed by atoms with Gasteiger partial charge in [0, 0.05) is 21.8 Å². The van der Waals surface area contributed by atoms with Crippen LogP contribution in [0.25, 0.3) is 27.9 Å². The maximum absolute atomic E-state index is 6.61. The summed E-state index contributed by atoms with van der Waals surface area (Å²) in [5.41, 5.74) is 4.85. The molecule has 1 nitrogen and oxygen atoms in total. The van der Waals surface area contributed by atoms with Crippen LogP contribution in [0.3, 0.4) is 0 Å². The van der Waals surface area contributed by atoms with Gasteiger partial charge in [-0.05, 0) is 36.1 Å². The van der Waals surface area contributed by atoms with Crippen molar-refractivity contribution in [2.45, 2.75) is 12.8 Å². The van der Waals surface area contributed by atoms with Crippen LogP contribution in [0, 0.1) is 0 Å². The van der Waals surface area contributed by atoms with Gasteiger partial charge in [-0.15, -0.1) is 0 Å². The fourth-order valence-corrected chi connectivity index (χ4v) is 3.25. The van der Waals surface area contributed by atoms with E-state index in [2.05, 4.69) is 41.4 Å². The van der Waals surface area contributed by atoms with Crippen LogP contribution in [-0.4, -0.2) is 4.98 Å². The van der Waals surface area contributed by atoms with Gasteiger partial charge in [-0.2, -0.15) is 0 Å². The van der Waals surface area contributed by atoms with Gasteiger partial charge >= 0.3 is 0 Å². The third-order valence-corrected chi connectivity index (χ3v) is 4.11. The third kappa shape index (κ3) is 1.28. The zero-order valence-corrected chi connectivity index (χ0v) is 10.6. The molecule has 1 heterocycles. The number of rotatable bonds is 0. The molecule has 3 aromatic rings. The lowest BCUT2D eigenvalue weighted by Crippen LogP contribution is -1.95. The largest absolute Gasteiger partial charge is 0.354 e. The fourth-order valence-electron chi connectivity index (χ4n) is 2.86. The second kappa shape index (κ2) is 3.63. The molecule has 88 valence electrons. The van der Waals surface area contributed by atoms with E-state index in [-0.39, 0.29) is 0 Å². The van der Waals surface area contributed by atoms with Crippen LogP contribution in [0.2, 0.25) is 5.02 Å². The lowest BCUT2D eigenvalue weighted by atomic mass is 9.95. The van der Waals surface area contributed by atoms with Crippen molar-refractivity contribution in [3.8, 4) is 0 Å². The first-order valence-corrected chi connectivity index (χ1v) is 6.61. The van der Waals surface area contributed by atoms with Gasteiger partial charge in [-0.3, -0.25) is 0 Å². The van der Waals surface area contributed by atoms with Crippen molar-refractivity contribution in [1.29, 1.82) is 0 Å². The number of para-hydroxylation sites is 1. The number of benzene rings is 2. The van der Waals surface area contributed by atoms with Gasteiger partial charge in [0.2, 0.25) is 0 Å². The number of halogens is 1. The standard InChI is InChI=1S/C16H12ClN/c17-16-11-6-2-1-5-10(11)9-14-15(16)12-7-3-4-8-13(12)18-14/h2-4,6-9,18H,1,5H2. The molecule has 18 heavy (non-hydrogen) atoms. The quantitative estimate of drug-likeness (QED) is 0.584. The molecule has 4 rings (SSSR count). The van der Waals surface area contributed by atoms with Crippen molar-refractivity contribution in [3.05, 3.63) is 52.6 Å². The fraction of sp³-hybridized carbons (Fsp3) is 0.125. The molecule has 1 aliphatic carbocycles. The Balaban J connectivity index is 2.23. The summed E-state index contributed by atoms with van der Waals surface area (Å²) in [4.78, 5) is 3.46. The van der Waals surface area contributed by atoms with Gasteiger partial charge < -0.3 is 4.98 Å². The van der Waals surface area contributed by atoms with E-state index in [9.17, 15) is 0 Å². The Morgan fingerprint density at radius 2 is 2.00 bits per heavy atom. The first-order valence-electron chi connectivity index (χ1n) is 6.23. The summed E-state index contributed by atoms with van der Waals surface area (Å²) in [6, 6.07) is 10.6. The predicted octanol–water partition coefficient (Wildman–Crippen LogP) is 4.93. The Hall–Kier alpha value is -1.73. The van der Waals surface area contributed by atoms with Crippen molar-refractivity contribution in [1.82, 2.24) is 4.98 Å². The van der Waals surface area contributed by atoms with Crippen LogP contribution >= 0.6 is 11.6 Å². The molecule has 0 spiro atoms. The van der Waals surface area contributed by atoms with Gasteiger partial charge in [-0.1, -0.05) is 42.0 Å². The highest BCUT2D eigenvalue weighted by Gasteiger charge is 2.15. The average Bonchev–Trinajstić information content (AvgIpc) is 2.77. The Morgan fingerprint density at radius 3 is 2.94 bits per heavy atom. The van der Waals surface area contributed by atoms with Crippen LogP contribution in [0.15, 0.2) is 36.4 Å². The monoisotopic (exact) mass is 253 g/mol. The Morgan fingerprint density at radius 1 is 1.11 bits per heavy atom. The molecule has 0 aliphatic heterocycles. The minimum absolute atomic E-state index is 0.885. The molecular formula is C16H12ClN. The van der Waals surface area contributed by atoms with Crippen LogP contribution in [0.5, 0.6) is 0 Å². The molecule has 0 saturated heterocycles. The van der Waals surface area contributed by atoms with Crippen molar-refractivity contribution >= 4 is 39.5 Å². The Kier molecular flexibility index (Phi) is 2.06. The zero-order valence-electron chi connectivity index (χ0n) is 9.83. The van der Waals surface area contributed by atoms with Crippen LogP contribution < -0.4 is 0 Å². The number of fused-ring (bicyclic) bond motifs is 4. The van der Waals surface area contributed by atoms with E-state index in [1.165, 1.54) is 16.5 Å². The molecule has 1 aromatic heterocycles. The number of H-pyrrole nitrogens is 1. The second-order valence-corrected chi connectivity index (χ2v) is 5.18. The summed E-state index contributed by atoms with van der Waals surface area (Å²) in [7, 11) is 0. The van der Waals surface area contributed by atoms with Crippen molar-refractivity contribution < 1.29 is 0 Å². The lowest BCUT2D eigenvalue weighted by molar-refractivity contribution is 0.988. The Bertz CT molecular complexity index is 796. The van der Waals surface area contributed by atoms with Crippen LogP contribution in [0.1, 0.15) is 17.5 Å². The minimum atomic E-state index is 0.885. The lowest BCUT2D eigenvalue weighted by Gasteiger charge is -2.12. The van der Waals surface area contributed by atoms with E-state index in [1.54, 1.807) is 0 Å². The molecule has 0 saturated carbocycles. The number of aromatic nitrogens is 1. The number of hydrogen-bond acceptors (Lipinski definition) is 0. The van der Waals surface area contributed by atoms with E-state index < -0.39 is 0 Å². The summed E-state index contributed by atoms with van der Waals surface area (Å²) >= 11 is 6.61. The van der Waals surface area contributed by atoms with Gasteiger partial charge in [-0.25, -0.2) is 0 Å². The van der Waals surface area contributed by atoms with E-state index in [4.69, 9.17) is 11.6 Å². The minimum Gasteiger partial charge on any atom is -0.354 e. The van der Waals surface area contributed by atoms with Crippen LogP contribution in [-0.2, 0) is 6.42 Å². The van der Waals surface area contributed by atoms with Gasteiger partial charge in [0.05, 0.1) is 5.02 Å². The molecular weight excluding hydrogens is 242 g/mol. The molecule has 0 amide bonds. The number of aromatic amines is 1. The number of aryl methyl sites for hydroxylation is 1. The van der Waals surface area contributed by atoms with Crippen molar-refractivity contribution in [3.63, 3.8) is 0 Å². The smallest absolute Gasteiger partial charge is 0.0581 e. The molecule has 0 unspecified atom stereocenters. The first-order chi connectivity index (χ1) is 8.84. The average molecular weight is 254 g/mol. The maximum Gasteiger partial charge on any atom is 0.0581 e. The van der Waals surface area contributed by atoms with Gasteiger partial charge in [0.15, 0.2) is 0 Å². The maximum atomic E-state index is 6.61. The summed E-state index contributed by atoms with van der Waals surface area (Å²) in [6.07, 6.45) is 6.54. The topological polar surface area (TPSA) is 15.8 Å². The molecule has 0 bridgehead atoms. The predicted molar refractivity (Wildman–Crippen MR) is 78.2 cm³/mol. The first kappa shape index (κ1) is 10.2. The summed E-state index contributed by atoms with van der Waals surface area (Å²) in [5.74, 6) is 0. The van der Waals surface area contributed by atoms with Gasteiger partial charge in [0.1, 0.15) is 0 Å². The molecule has 2 aromatic carbocycles. The van der Waals surface area contributed by atoms with E-state index >= 15 is 0 Å². The molecule has 2 heteroatoms. The highest BCUT2D eigenvalue weighted by atomic mass is 35.5.